The summed E-state index contributed by atoms with van der Waals surface area (Å²) >= 11 is 0. The lowest BCUT2D eigenvalue weighted by molar-refractivity contribution is -0.129. The summed E-state index contributed by atoms with van der Waals surface area (Å²) in [5.74, 6) is 1.71. The third kappa shape index (κ3) is 7.34. The quantitative estimate of drug-likeness (QED) is 0.355. The highest BCUT2D eigenvalue weighted by Gasteiger charge is 2.31. The Labute approximate surface area is 225 Å². The average Bonchev–Trinajstić information content (AvgIpc) is 3.22. The Morgan fingerprint density at radius 2 is 1.65 bits per heavy atom. The van der Waals surface area contributed by atoms with Gasteiger partial charge in [-0.05, 0) is 64.1 Å². The second kappa shape index (κ2) is 12.7. The molecule has 1 aromatic rings. The van der Waals surface area contributed by atoms with Crippen molar-refractivity contribution in [3.8, 4) is 0 Å². The van der Waals surface area contributed by atoms with Crippen molar-refractivity contribution in [3.63, 3.8) is 0 Å². The van der Waals surface area contributed by atoms with E-state index in [2.05, 4.69) is 58.3 Å². The maximum absolute atomic E-state index is 13.0. The highest BCUT2D eigenvalue weighted by molar-refractivity contribution is 5.85. The molecule has 1 aliphatic carbocycles. The predicted octanol–water partition coefficient (Wildman–Crippen LogP) is 6.10. The number of likely N-dealkylation sites (tertiary alicyclic amines) is 1. The van der Waals surface area contributed by atoms with Gasteiger partial charge in [-0.3, -0.25) is 14.3 Å². The van der Waals surface area contributed by atoms with Crippen molar-refractivity contribution in [1.82, 2.24) is 19.6 Å². The molecule has 2 fully saturated rings. The lowest BCUT2D eigenvalue weighted by Crippen LogP contribution is -2.42. The van der Waals surface area contributed by atoms with Crippen LogP contribution in [0.3, 0.4) is 0 Å². The lowest BCUT2D eigenvalue weighted by Gasteiger charge is -2.36. The molecular formula is C31H52N4O2. The van der Waals surface area contributed by atoms with Gasteiger partial charge in [0.25, 0.3) is 0 Å². The monoisotopic (exact) mass is 512 g/mol. The molecule has 0 spiro atoms. The van der Waals surface area contributed by atoms with E-state index in [1.54, 1.807) is 4.68 Å². The molecule has 0 amide bonds. The summed E-state index contributed by atoms with van der Waals surface area (Å²) in [6.45, 7) is 20.3. The third-order valence-corrected chi connectivity index (χ3v) is 8.57. The molecule has 0 bridgehead atoms. The van der Waals surface area contributed by atoms with Crippen molar-refractivity contribution in [2.24, 2.45) is 24.8 Å². The number of hydrogen-bond donors (Lipinski definition) is 0. The van der Waals surface area contributed by atoms with Crippen LogP contribution < -0.4 is 0 Å². The summed E-state index contributed by atoms with van der Waals surface area (Å²) in [7, 11) is 1.86. The van der Waals surface area contributed by atoms with E-state index in [-0.39, 0.29) is 11.3 Å². The van der Waals surface area contributed by atoms with Crippen LogP contribution >= 0.6 is 0 Å². The average molecular weight is 513 g/mol. The first kappa shape index (κ1) is 29.6. The number of piperidine rings is 1. The molecule has 1 saturated heterocycles. The van der Waals surface area contributed by atoms with Crippen LogP contribution in [0.25, 0.3) is 5.57 Å². The zero-order valence-corrected chi connectivity index (χ0v) is 24.9. The van der Waals surface area contributed by atoms with E-state index in [1.165, 1.54) is 25.0 Å². The topological polar surface area (TPSA) is 58.4 Å². The predicted molar refractivity (Wildman–Crippen MR) is 153 cm³/mol. The van der Waals surface area contributed by atoms with Crippen LogP contribution in [0.15, 0.2) is 5.70 Å². The van der Waals surface area contributed by atoms with Gasteiger partial charge < -0.3 is 9.80 Å². The van der Waals surface area contributed by atoms with Crippen LogP contribution in [0.2, 0.25) is 0 Å². The Bertz CT molecular complexity index is 955. The van der Waals surface area contributed by atoms with Crippen molar-refractivity contribution < 1.29 is 9.59 Å². The summed E-state index contributed by atoms with van der Waals surface area (Å²) in [6, 6.07) is 0. The standard InChI is InChI=1S/C31H52N4O2/c1-22(2)20-35(24(4)23(3)28-27(21-36)33(8)32-30(28)31(5,6)7)19-18-34-16-14-26(15-17-34)29(37)25-12-10-9-11-13-25/h21-22,25-26H,9-20H2,1-8H3/b24-23+. The molecule has 6 heteroatoms. The number of hydrogen-bond acceptors (Lipinski definition) is 5. The molecule has 2 aliphatic rings. The fourth-order valence-corrected chi connectivity index (χ4v) is 6.25. The summed E-state index contributed by atoms with van der Waals surface area (Å²) in [5.41, 5.74) is 4.81. The number of allylic oxidation sites excluding steroid dienone is 2. The maximum atomic E-state index is 13.0. The summed E-state index contributed by atoms with van der Waals surface area (Å²) in [4.78, 5) is 30.1. The lowest BCUT2D eigenvalue weighted by atomic mass is 9.79. The van der Waals surface area contributed by atoms with Gasteiger partial charge >= 0.3 is 0 Å². The Morgan fingerprint density at radius 3 is 2.19 bits per heavy atom. The van der Waals surface area contributed by atoms with Crippen molar-refractivity contribution in [1.29, 1.82) is 0 Å². The van der Waals surface area contributed by atoms with E-state index >= 15 is 0 Å². The smallest absolute Gasteiger partial charge is 0.168 e. The van der Waals surface area contributed by atoms with Crippen molar-refractivity contribution >= 4 is 17.6 Å². The molecule has 3 rings (SSSR count). The molecule has 1 saturated carbocycles. The van der Waals surface area contributed by atoms with Crippen molar-refractivity contribution in [2.45, 2.75) is 98.8 Å². The van der Waals surface area contributed by atoms with Crippen LogP contribution in [0.5, 0.6) is 0 Å². The maximum Gasteiger partial charge on any atom is 0.168 e. The fraction of sp³-hybridized carbons (Fsp3) is 0.774. The van der Waals surface area contributed by atoms with Crippen LogP contribution in [-0.2, 0) is 17.3 Å². The van der Waals surface area contributed by atoms with Crippen molar-refractivity contribution in [2.75, 3.05) is 32.7 Å². The summed E-state index contributed by atoms with van der Waals surface area (Å²) in [5, 5.41) is 4.75. The first-order valence-corrected chi connectivity index (χ1v) is 14.7. The molecule has 6 nitrogen and oxygen atoms in total. The molecule has 208 valence electrons. The van der Waals surface area contributed by atoms with Crippen LogP contribution in [0.1, 0.15) is 115 Å². The van der Waals surface area contributed by atoms with Crippen LogP contribution in [0.4, 0.5) is 0 Å². The van der Waals surface area contributed by atoms with Gasteiger partial charge in [-0.15, -0.1) is 0 Å². The second-order valence-corrected chi connectivity index (χ2v) is 13.0. The van der Waals surface area contributed by atoms with E-state index in [0.29, 0.717) is 23.3 Å². The Hall–Kier alpha value is -1.95. The number of nitrogens with zero attached hydrogens (tertiary/aromatic N) is 4. The van der Waals surface area contributed by atoms with E-state index in [4.69, 9.17) is 5.10 Å². The Balaban J connectivity index is 1.70. The normalized spacial score (nSPS) is 19.3. The van der Waals surface area contributed by atoms with Gasteiger partial charge in [0.15, 0.2) is 6.29 Å². The van der Waals surface area contributed by atoms with E-state index in [0.717, 1.165) is 81.5 Å². The van der Waals surface area contributed by atoms with Crippen LogP contribution in [-0.4, -0.2) is 64.4 Å². The molecule has 0 N–H and O–H groups in total. The minimum Gasteiger partial charge on any atom is -0.373 e. The largest absolute Gasteiger partial charge is 0.373 e. The third-order valence-electron chi connectivity index (χ3n) is 8.57. The van der Waals surface area contributed by atoms with Crippen LogP contribution in [0, 0.1) is 17.8 Å². The highest BCUT2D eigenvalue weighted by atomic mass is 16.1. The minimum atomic E-state index is -0.155. The molecule has 0 atom stereocenters. The van der Waals surface area contributed by atoms with Gasteiger partial charge in [0.1, 0.15) is 11.5 Å². The number of ketones is 1. The molecule has 1 aliphatic heterocycles. The van der Waals surface area contributed by atoms with E-state index in [1.807, 2.05) is 7.05 Å². The Morgan fingerprint density at radius 1 is 1.05 bits per heavy atom. The fourth-order valence-electron chi connectivity index (χ4n) is 6.25. The van der Waals surface area contributed by atoms with E-state index in [9.17, 15) is 9.59 Å². The SMILES string of the molecule is C/C(=C(/C)N(CCN1CCC(C(=O)C2CCCCC2)CC1)CC(C)C)c1c(C(C)(C)C)nn(C)c1C=O. The van der Waals surface area contributed by atoms with Gasteiger partial charge in [0, 0.05) is 55.2 Å². The zero-order chi connectivity index (χ0) is 27.3. The number of Topliss-reactive ketones (excluding diaryl/α,β-unsaturated/α-hetero) is 1. The first-order valence-electron chi connectivity index (χ1n) is 14.7. The van der Waals surface area contributed by atoms with Crippen molar-refractivity contribution in [3.05, 3.63) is 22.6 Å². The number of carbonyl (C=O) groups excluding carboxylic acids is 2. The number of aryl methyl sites for hydroxylation is 1. The number of aromatic nitrogens is 2. The first-order chi connectivity index (χ1) is 17.4. The second-order valence-electron chi connectivity index (χ2n) is 13.0. The van der Waals surface area contributed by atoms with Gasteiger partial charge in [-0.2, -0.15) is 5.10 Å². The molecule has 0 aromatic carbocycles. The van der Waals surface area contributed by atoms with Gasteiger partial charge in [0.05, 0.1) is 5.69 Å². The Kier molecular flexibility index (Phi) is 10.2. The van der Waals surface area contributed by atoms with Gasteiger partial charge in [-0.1, -0.05) is 53.9 Å². The minimum absolute atomic E-state index is 0.155. The molecule has 0 radical (unpaired) electrons. The molecular weight excluding hydrogens is 460 g/mol. The number of aldehydes is 1. The summed E-state index contributed by atoms with van der Waals surface area (Å²) < 4.78 is 1.73. The van der Waals surface area contributed by atoms with Gasteiger partial charge in [0.2, 0.25) is 0 Å². The summed E-state index contributed by atoms with van der Waals surface area (Å²) in [6.07, 6.45) is 8.98. The number of carbonyl (C=O) groups is 2. The zero-order valence-electron chi connectivity index (χ0n) is 24.9. The number of rotatable bonds is 10. The van der Waals surface area contributed by atoms with Gasteiger partial charge in [-0.25, -0.2) is 0 Å². The molecule has 37 heavy (non-hydrogen) atoms. The highest BCUT2D eigenvalue weighted by Crippen LogP contribution is 2.34. The van der Waals surface area contributed by atoms with E-state index < -0.39 is 0 Å². The molecule has 0 unspecified atom stereocenters. The molecule has 1 aromatic heterocycles. The molecule has 2 heterocycles.